The number of carboxylic acids is 1. The van der Waals surface area contributed by atoms with Gasteiger partial charge in [0.2, 0.25) is 0 Å². The molecule has 0 unspecified atom stereocenters. The number of aliphatic imine (C=N–C) groups is 1. The second-order valence-corrected chi connectivity index (χ2v) is 6.02. The number of carbonyl (C=O) groups excluding carboxylic acids is 1. The number of carbonyl (C=O) groups is 2. The topological polar surface area (TPSA) is 70.0 Å². The number of hydrogen-bond donors (Lipinski definition) is 1. The Morgan fingerprint density at radius 1 is 1.12 bits per heavy atom. The summed E-state index contributed by atoms with van der Waals surface area (Å²) in [6, 6.07) is 4.53. The summed E-state index contributed by atoms with van der Waals surface area (Å²) in [5.74, 6) is -2.58. The molecule has 5 nitrogen and oxygen atoms in total. The molecule has 1 N–H and O–H groups in total. The molecule has 1 aromatic carbocycles. The summed E-state index contributed by atoms with van der Waals surface area (Å²) in [5.41, 5.74) is -0.720. The third kappa shape index (κ3) is 2.76. The van der Waals surface area contributed by atoms with Crippen molar-refractivity contribution in [2.24, 2.45) is 4.99 Å². The zero-order chi connectivity index (χ0) is 17.5. The molecule has 0 aromatic heterocycles. The van der Waals surface area contributed by atoms with Gasteiger partial charge in [-0.1, -0.05) is 12.1 Å². The van der Waals surface area contributed by atoms with Gasteiger partial charge in [0.1, 0.15) is 5.66 Å². The van der Waals surface area contributed by atoms with Crippen LogP contribution >= 0.6 is 0 Å². The third-order valence-corrected chi connectivity index (χ3v) is 4.53. The van der Waals surface area contributed by atoms with Crippen molar-refractivity contribution in [3.05, 3.63) is 35.4 Å². The first-order chi connectivity index (χ1) is 11.2. The predicted octanol–water partition coefficient (Wildman–Crippen LogP) is 2.69. The van der Waals surface area contributed by atoms with E-state index in [9.17, 15) is 22.8 Å². The standard InChI is InChI=1S/C16H15F3N2O3/c17-16(18,19)11-5-3-10(4-6-11)12-9-21(13(22)14(23)24)15(20-12)7-1-2-8-15/h3-6H,1-2,7-9H2,(H,23,24). The van der Waals surface area contributed by atoms with E-state index in [0.717, 1.165) is 25.0 Å². The number of halogens is 3. The van der Waals surface area contributed by atoms with Gasteiger partial charge in [-0.3, -0.25) is 9.79 Å². The molecular formula is C16H15F3N2O3. The molecule has 2 aliphatic rings. The lowest BCUT2D eigenvalue weighted by Crippen LogP contribution is -2.48. The van der Waals surface area contributed by atoms with Gasteiger partial charge in [0.25, 0.3) is 0 Å². The molecule has 1 aliphatic carbocycles. The minimum Gasteiger partial charge on any atom is -0.474 e. The fourth-order valence-corrected chi connectivity index (χ4v) is 3.35. The molecule has 24 heavy (non-hydrogen) atoms. The Bertz CT molecular complexity index is 704. The first-order valence-corrected chi connectivity index (χ1v) is 7.54. The molecule has 1 fully saturated rings. The maximum absolute atomic E-state index is 12.6. The van der Waals surface area contributed by atoms with Gasteiger partial charge in [-0.15, -0.1) is 0 Å². The van der Waals surface area contributed by atoms with Crippen LogP contribution in [0.15, 0.2) is 29.3 Å². The van der Waals surface area contributed by atoms with Crippen LogP contribution in [0.2, 0.25) is 0 Å². The Morgan fingerprint density at radius 3 is 2.21 bits per heavy atom. The van der Waals surface area contributed by atoms with Gasteiger partial charge in [0.15, 0.2) is 0 Å². The molecule has 1 saturated carbocycles. The molecule has 3 rings (SSSR count). The van der Waals surface area contributed by atoms with Crippen molar-refractivity contribution in [3.63, 3.8) is 0 Å². The number of aliphatic carboxylic acids is 1. The molecule has 1 aromatic rings. The summed E-state index contributed by atoms with van der Waals surface area (Å²) < 4.78 is 37.9. The monoisotopic (exact) mass is 340 g/mol. The van der Waals surface area contributed by atoms with E-state index in [4.69, 9.17) is 5.11 Å². The number of carboxylic acid groups (broad SMARTS) is 1. The Morgan fingerprint density at radius 2 is 1.71 bits per heavy atom. The van der Waals surface area contributed by atoms with E-state index in [1.807, 2.05) is 0 Å². The first kappa shape index (κ1) is 16.5. The molecule has 0 atom stereocenters. The van der Waals surface area contributed by atoms with E-state index in [2.05, 4.69) is 4.99 Å². The molecule has 1 spiro atoms. The van der Waals surface area contributed by atoms with Crippen LogP contribution in [0, 0.1) is 0 Å². The van der Waals surface area contributed by atoms with Gasteiger partial charge >= 0.3 is 18.1 Å². The number of hydrogen-bond acceptors (Lipinski definition) is 3. The van der Waals surface area contributed by atoms with E-state index in [1.165, 1.54) is 17.0 Å². The van der Waals surface area contributed by atoms with E-state index >= 15 is 0 Å². The predicted molar refractivity (Wildman–Crippen MR) is 78.5 cm³/mol. The fourth-order valence-electron chi connectivity index (χ4n) is 3.35. The SMILES string of the molecule is O=C(O)C(=O)N1CC(c2ccc(C(F)(F)F)cc2)=NC12CCCC2. The highest BCUT2D eigenvalue weighted by atomic mass is 19.4. The first-order valence-electron chi connectivity index (χ1n) is 7.54. The maximum Gasteiger partial charge on any atom is 0.416 e. The van der Waals surface area contributed by atoms with Crippen molar-refractivity contribution < 1.29 is 27.9 Å². The molecule has 0 bridgehead atoms. The van der Waals surface area contributed by atoms with Gasteiger partial charge in [-0.05, 0) is 43.4 Å². The minimum absolute atomic E-state index is 0.00347. The largest absolute Gasteiger partial charge is 0.474 e. The third-order valence-electron chi connectivity index (χ3n) is 4.53. The Hall–Kier alpha value is -2.38. The number of amides is 1. The zero-order valence-corrected chi connectivity index (χ0v) is 12.6. The number of nitrogens with zero attached hydrogens (tertiary/aromatic N) is 2. The number of rotatable bonds is 1. The van der Waals surface area contributed by atoms with Crippen molar-refractivity contribution in [1.29, 1.82) is 0 Å². The molecule has 8 heteroatoms. The highest BCUT2D eigenvalue weighted by Gasteiger charge is 2.48. The van der Waals surface area contributed by atoms with Crippen LogP contribution in [0.4, 0.5) is 13.2 Å². The van der Waals surface area contributed by atoms with Crippen molar-refractivity contribution >= 4 is 17.6 Å². The Labute approximate surface area is 135 Å². The molecule has 1 aliphatic heterocycles. The van der Waals surface area contributed by atoms with Crippen molar-refractivity contribution in [1.82, 2.24) is 4.90 Å². The van der Waals surface area contributed by atoms with Crippen LogP contribution in [0.3, 0.4) is 0 Å². The number of benzene rings is 1. The maximum atomic E-state index is 12.6. The van der Waals surface area contributed by atoms with Gasteiger partial charge < -0.3 is 10.0 Å². The molecular weight excluding hydrogens is 325 g/mol. The van der Waals surface area contributed by atoms with Crippen LogP contribution in [-0.4, -0.2) is 39.8 Å². The van der Waals surface area contributed by atoms with E-state index in [1.54, 1.807) is 0 Å². The molecule has 0 saturated heterocycles. The van der Waals surface area contributed by atoms with Crippen LogP contribution in [-0.2, 0) is 15.8 Å². The van der Waals surface area contributed by atoms with Crippen molar-refractivity contribution in [3.8, 4) is 0 Å². The lowest BCUT2D eigenvalue weighted by Gasteiger charge is -2.31. The van der Waals surface area contributed by atoms with Crippen molar-refractivity contribution in [2.75, 3.05) is 6.54 Å². The van der Waals surface area contributed by atoms with Gasteiger partial charge in [-0.25, -0.2) is 4.79 Å². The lowest BCUT2D eigenvalue weighted by atomic mass is 10.1. The molecule has 128 valence electrons. The smallest absolute Gasteiger partial charge is 0.416 e. The highest BCUT2D eigenvalue weighted by molar-refractivity contribution is 6.32. The van der Waals surface area contributed by atoms with Crippen LogP contribution in [0.1, 0.15) is 36.8 Å². The minimum atomic E-state index is -4.42. The summed E-state index contributed by atoms with van der Waals surface area (Å²) in [5, 5.41) is 9.00. The summed E-state index contributed by atoms with van der Waals surface area (Å²) in [4.78, 5) is 28.8. The van der Waals surface area contributed by atoms with Crippen molar-refractivity contribution in [2.45, 2.75) is 37.5 Å². The van der Waals surface area contributed by atoms with Crippen LogP contribution in [0.25, 0.3) is 0 Å². The van der Waals surface area contributed by atoms with E-state index < -0.39 is 29.3 Å². The zero-order valence-electron chi connectivity index (χ0n) is 12.6. The summed E-state index contributed by atoms with van der Waals surface area (Å²) >= 11 is 0. The second-order valence-electron chi connectivity index (χ2n) is 6.02. The van der Waals surface area contributed by atoms with Gasteiger partial charge in [-0.2, -0.15) is 13.2 Å². The second kappa shape index (κ2) is 5.61. The molecule has 0 radical (unpaired) electrons. The lowest BCUT2D eigenvalue weighted by molar-refractivity contribution is -0.158. The van der Waals surface area contributed by atoms with E-state index in [-0.39, 0.29) is 6.54 Å². The van der Waals surface area contributed by atoms with Gasteiger partial charge in [0.05, 0.1) is 17.8 Å². The Kier molecular flexibility index (Phi) is 3.85. The average Bonchev–Trinajstić information content (AvgIpc) is 3.14. The molecule has 1 amide bonds. The summed E-state index contributed by atoms with van der Waals surface area (Å²) in [6.07, 6.45) is -1.64. The number of alkyl halides is 3. The summed E-state index contributed by atoms with van der Waals surface area (Å²) in [6.45, 7) is -0.00347. The van der Waals surface area contributed by atoms with Crippen LogP contribution in [0.5, 0.6) is 0 Å². The summed E-state index contributed by atoms with van der Waals surface area (Å²) in [7, 11) is 0. The highest BCUT2D eigenvalue weighted by Crippen LogP contribution is 2.40. The van der Waals surface area contributed by atoms with Crippen LogP contribution < -0.4 is 0 Å². The fraction of sp³-hybridized carbons (Fsp3) is 0.438. The van der Waals surface area contributed by atoms with E-state index in [0.29, 0.717) is 24.1 Å². The average molecular weight is 340 g/mol. The Balaban J connectivity index is 1.92. The van der Waals surface area contributed by atoms with Gasteiger partial charge in [0, 0.05) is 0 Å². The molecule has 1 heterocycles. The quantitative estimate of drug-likeness (QED) is 0.799. The normalized spacial score (nSPS) is 19.6.